The number of hydrogen-bond donors (Lipinski definition) is 1. The summed E-state index contributed by atoms with van der Waals surface area (Å²) in [7, 11) is 0. The predicted octanol–water partition coefficient (Wildman–Crippen LogP) is 2.70. The summed E-state index contributed by atoms with van der Waals surface area (Å²) in [6.45, 7) is 1.35. The summed E-state index contributed by atoms with van der Waals surface area (Å²) in [6, 6.07) is 4.71. The molecule has 1 aliphatic heterocycles. The van der Waals surface area contributed by atoms with Crippen molar-refractivity contribution < 1.29 is 19.0 Å². The molecule has 2 aromatic rings. The number of aliphatic carboxylic acids is 1. The molecule has 0 unspecified atom stereocenters. The van der Waals surface area contributed by atoms with Gasteiger partial charge in [-0.2, -0.15) is 0 Å². The molecule has 21 heavy (non-hydrogen) atoms. The number of carboxylic acids is 1. The fourth-order valence-corrected chi connectivity index (χ4v) is 3.38. The molecule has 0 bridgehead atoms. The van der Waals surface area contributed by atoms with Crippen LogP contribution in [-0.4, -0.2) is 39.6 Å². The topological polar surface area (TPSA) is 64.3 Å². The van der Waals surface area contributed by atoms with Crippen molar-refractivity contribution in [2.75, 3.05) is 19.0 Å². The Morgan fingerprint density at radius 3 is 2.95 bits per heavy atom. The lowest BCUT2D eigenvalue weighted by molar-refractivity contribution is -0.133. The summed E-state index contributed by atoms with van der Waals surface area (Å²) < 4.78 is 20.8. The number of hydrogen-bond acceptors (Lipinski definition) is 4. The van der Waals surface area contributed by atoms with E-state index in [9.17, 15) is 9.18 Å². The number of imidazole rings is 1. The van der Waals surface area contributed by atoms with Crippen LogP contribution in [0.25, 0.3) is 11.0 Å². The van der Waals surface area contributed by atoms with Gasteiger partial charge < -0.3 is 14.4 Å². The van der Waals surface area contributed by atoms with Crippen LogP contribution in [0.2, 0.25) is 0 Å². The molecule has 3 rings (SSSR count). The summed E-state index contributed by atoms with van der Waals surface area (Å²) in [4.78, 5) is 15.2. The summed E-state index contributed by atoms with van der Waals surface area (Å²) in [5.74, 6) is -1.29. The van der Waals surface area contributed by atoms with Gasteiger partial charge in [0.2, 0.25) is 0 Å². The SMILES string of the molecule is O=C(O)CSc1nc2cc(F)ccc2n1C1CCOCC1. The van der Waals surface area contributed by atoms with Gasteiger partial charge in [-0.15, -0.1) is 0 Å². The Bertz CT molecular complexity index is 668. The normalized spacial score (nSPS) is 16.4. The minimum atomic E-state index is -0.892. The second kappa shape index (κ2) is 6.03. The Morgan fingerprint density at radius 1 is 1.48 bits per heavy atom. The number of fused-ring (bicyclic) bond motifs is 1. The molecule has 0 aliphatic carbocycles. The maximum atomic E-state index is 13.4. The van der Waals surface area contributed by atoms with Gasteiger partial charge >= 0.3 is 5.97 Å². The first kappa shape index (κ1) is 14.3. The zero-order chi connectivity index (χ0) is 14.8. The highest BCUT2D eigenvalue weighted by Crippen LogP contribution is 2.32. The van der Waals surface area contributed by atoms with E-state index in [4.69, 9.17) is 9.84 Å². The number of nitrogens with zero attached hydrogens (tertiary/aromatic N) is 2. The zero-order valence-electron chi connectivity index (χ0n) is 11.3. The summed E-state index contributed by atoms with van der Waals surface area (Å²) in [6.07, 6.45) is 1.70. The lowest BCUT2D eigenvalue weighted by Crippen LogP contribution is -2.20. The van der Waals surface area contributed by atoms with Crippen molar-refractivity contribution >= 4 is 28.8 Å². The van der Waals surface area contributed by atoms with E-state index in [1.165, 1.54) is 23.9 Å². The number of benzene rings is 1. The third kappa shape index (κ3) is 3.03. The predicted molar refractivity (Wildman–Crippen MR) is 77.1 cm³/mol. The molecule has 0 atom stereocenters. The Morgan fingerprint density at radius 2 is 2.24 bits per heavy atom. The standard InChI is InChI=1S/C14H15FN2O3S/c15-9-1-2-12-11(7-9)16-14(21-8-13(18)19)17(12)10-3-5-20-6-4-10/h1-2,7,10H,3-6,8H2,(H,18,19). The summed E-state index contributed by atoms with van der Waals surface area (Å²) in [5, 5.41) is 9.49. The molecule has 0 saturated carbocycles. The van der Waals surface area contributed by atoms with Crippen molar-refractivity contribution in [2.24, 2.45) is 0 Å². The molecule has 1 saturated heterocycles. The van der Waals surface area contributed by atoms with Crippen LogP contribution in [0.3, 0.4) is 0 Å². The van der Waals surface area contributed by atoms with Crippen LogP contribution in [-0.2, 0) is 9.53 Å². The van der Waals surface area contributed by atoms with Gasteiger partial charge in [0.25, 0.3) is 0 Å². The molecule has 112 valence electrons. The lowest BCUT2D eigenvalue weighted by atomic mass is 10.1. The van der Waals surface area contributed by atoms with Crippen LogP contribution in [0, 0.1) is 5.82 Å². The Hall–Kier alpha value is -1.60. The minimum absolute atomic E-state index is 0.0605. The smallest absolute Gasteiger partial charge is 0.313 e. The van der Waals surface area contributed by atoms with E-state index >= 15 is 0 Å². The van der Waals surface area contributed by atoms with Gasteiger partial charge in [-0.1, -0.05) is 11.8 Å². The summed E-state index contributed by atoms with van der Waals surface area (Å²) in [5.41, 5.74) is 1.41. The molecule has 0 spiro atoms. The Labute approximate surface area is 125 Å². The van der Waals surface area contributed by atoms with Gasteiger partial charge in [-0.25, -0.2) is 9.37 Å². The summed E-state index contributed by atoms with van der Waals surface area (Å²) >= 11 is 1.17. The molecular formula is C14H15FN2O3S. The van der Waals surface area contributed by atoms with E-state index in [1.807, 2.05) is 4.57 Å². The maximum Gasteiger partial charge on any atom is 0.313 e. The van der Waals surface area contributed by atoms with E-state index in [0.717, 1.165) is 18.4 Å². The molecule has 7 heteroatoms. The zero-order valence-corrected chi connectivity index (χ0v) is 12.1. The number of carboxylic acid groups (broad SMARTS) is 1. The van der Waals surface area contributed by atoms with E-state index in [0.29, 0.717) is 23.9 Å². The first-order valence-corrected chi connectivity index (χ1v) is 7.73. The van der Waals surface area contributed by atoms with E-state index in [2.05, 4.69) is 4.98 Å². The van der Waals surface area contributed by atoms with Gasteiger partial charge in [-0.3, -0.25) is 4.79 Å². The molecule has 1 aromatic carbocycles. The van der Waals surface area contributed by atoms with Crippen LogP contribution in [0.15, 0.2) is 23.4 Å². The average Bonchev–Trinajstić information content (AvgIpc) is 2.83. The molecule has 0 amide bonds. The minimum Gasteiger partial charge on any atom is -0.481 e. The highest BCUT2D eigenvalue weighted by molar-refractivity contribution is 7.99. The van der Waals surface area contributed by atoms with E-state index in [1.54, 1.807) is 6.07 Å². The molecular weight excluding hydrogens is 295 g/mol. The van der Waals surface area contributed by atoms with Gasteiger partial charge in [0, 0.05) is 25.3 Å². The lowest BCUT2D eigenvalue weighted by Gasteiger charge is -2.25. The monoisotopic (exact) mass is 310 g/mol. The molecule has 1 fully saturated rings. The van der Waals surface area contributed by atoms with Crippen LogP contribution in [0.4, 0.5) is 4.39 Å². The number of aromatic nitrogens is 2. The quantitative estimate of drug-likeness (QED) is 0.880. The Balaban J connectivity index is 2.03. The number of ether oxygens (including phenoxy) is 1. The van der Waals surface area contributed by atoms with Crippen LogP contribution >= 0.6 is 11.8 Å². The molecule has 1 aromatic heterocycles. The van der Waals surface area contributed by atoms with Gasteiger partial charge in [-0.05, 0) is 25.0 Å². The third-order valence-electron chi connectivity index (χ3n) is 3.50. The molecule has 0 radical (unpaired) electrons. The Kier molecular flexibility index (Phi) is 4.12. The van der Waals surface area contributed by atoms with Crippen molar-refractivity contribution in [3.63, 3.8) is 0 Å². The molecule has 5 nitrogen and oxygen atoms in total. The second-order valence-corrected chi connectivity index (χ2v) is 5.87. The van der Waals surface area contributed by atoms with Gasteiger partial charge in [0.05, 0.1) is 16.8 Å². The number of carbonyl (C=O) groups is 1. The number of halogens is 1. The van der Waals surface area contributed by atoms with Gasteiger partial charge in [0.1, 0.15) is 5.82 Å². The number of thioether (sulfide) groups is 1. The molecule has 1 aliphatic rings. The maximum absolute atomic E-state index is 13.4. The number of rotatable bonds is 4. The van der Waals surface area contributed by atoms with Crippen molar-refractivity contribution in [2.45, 2.75) is 24.0 Å². The van der Waals surface area contributed by atoms with Crippen LogP contribution in [0.5, 0.6) is 0 Å². The van der Waals surface area contributed by atoms with Crippen LogP contribution < -0.4 is 0 Å². The largest absolute Gasteiger partial charge is 0.481 e. The first-order valence-electron chi connectivity index (χ1n) is 6.75. The highest BCUT2D eigenvalue weighted by atomic mass is 32.2. The van der Waals surface area contributed by atoms with Crippen molar-refractivity contribution in [3.8, 4) is 0 Å². The van der Waals surface area contributed by atoms with Crippen molar-refractivity contribution in [1.29, 1.82) is 0 Å². The third-order valence-corrected chi connectivity index (χ3v) is 4.44. The van der Waals surface area contributed by atoms with Gasteiger partial charge in [0.15, 0.2) is 5.16 Å². The second-order valence-electron chi connectivity index (χ2n) is 4.92. The van der Waals surface area contributed by atoms with E-state index < -0.39 is 5.97 Å². The fourth-order valence-electron chi connectivity index (χ4n) is 2.57. The average molecular weight is 310 g/mol. The first-order chi connectivity index (χ1) is 10.1. The fraction of sp³-hybridized carbons (Fsp3) is 0.429. The highest BCUT2D eigenvalue weighted by Gasteiger charge is 2.22. The van der Waals surface area contributed by atoms with Crippen molar-refractivity contribution in [3.05, 3.63) is 24.0 Å². The van der Waals surface area contributed by atoms with Crippen LogP contribution in [0.1, 0.15) is 18.9 Å². The van der Waals surface area contributed by atoms with E-state index in [-0.39, 0.29) is 17.6 Å². The van der Waals surface area contributed by atoms with Crippen molar-refractivity contribution in [1.82, 2.24) is 9.55 Å². The molecule has 2 heterocycles. The molecule has 1 N–H and O–H groups in total.